The first-order chi connectivity index (χ1) is 9.17. The maximum atomic E-state index is 5.56. The van der Waals surface area contributed by atoms with Crippen molar-refractivity contribution in [1.82, 2.24) is 9.97 Å². The third-order valence-electron chi connectivity index (χ3n) is 2.48. The van der Waals surface area contributed by atoms with E-state index in [1.54, 1.807) is 19.5 Å². The zero-order valence-electron chi connectivity index (χ0n) is 12.0. The van der Waals surface area contributed by atoms with E-state index in [1.807, 2.05) is 13.8 Å². The Labute approximate surface area is 114 Å². The van der Waals surface area contributed by atoms with E-state index in [0.29, 0.717) is 19.0 Å². The lowest BCUT2D eigenvalue weighted by atomic mass is 10.3. The van der Waals surface area contributed by atoms with Crippen molar-refractivity contribution in [2.45, 2.75) is 26.4 Å². The van der Waals surface area contributed by atoms with Crippen LogP contribution in [-0.4, -0.2) is 49.4 Å². The topological polar surface area (TPSA) is 73.5 Å². The number of hydrogen-bond acceptors (Lipinski definition) is 6. The van der Waals surface area contributed by atoms with Gasteiger partial charge in [-0.1, -0.05) is 0 Å². The molecule has 0 saturated carbocycles. The van der Waals surface area contributed by atoms with Crippen molar-refractivity contribution >= 4 is 5.82 Å². The average molecular weight is 268 g/mol. The Kier molecular flexibility index (Phi) is 7.14. The lowest BCUT2D eigenvalue weighted by Crippen LogP contribution is -2.30. The maximum Gasteiger partial charge on any atom is 0.234 e. The number of anilines is 1. The summed E-state index contributed by atoms with van der Waals surface area (Å²) < 4.78 is 10.7. The summed E-state index contributed by atoms with van der Waals surface area (Å²) >= 11 is 0. The molecule has 0 saturated heterocycles. The molecule has 1 rings (SSSR count). The van der Waals surface area contributed by atoms with E-state index < -0.39 is 0 Å². The Morgan fingerprint density at radius 1 is 1.32 bits per heavy atom. The van der Waals surface area contributed by atoms with Crippen LogP contribution in [0.3, 0.4) is 0 Å². The van der Waals surface area contributed by atoms with Crippen LogP contribution in [0.1, 0.15) is 20.3 Å². The number of rotatable bonds is 9. The van der Waals surface area contributed by atoms with Gasteiger partial charge in [0.15, 0.2) is 5.82 Å². The highest BCUT2D eigenvalue weighted by atomic mass is 16.5. The number of methoxy groups -OCH3 is 1. The summed E-state index contributed by atoms with van der Waals surface area (Å²) in [6, 6.07) is 0. The predicted octanol–water partition coefficient (Wildman–Crippen LogP) is 1.07. The van der Waals surface area contributed by atoms with Crippen molar-refractivity contribution in [3.8, 4) is 5.88 Å². The number of ether oxygens (including phenoxy) is 2. The minimum Gasteiger partial charge on any atom is -0.474 e. The fraction of sp³-hybridized carbons (Fsp3) is 0.692. The van der Waals surface area contributed by atoms with E-state index in [9.17, 15) is 0 Å². The minimum atomic E-state index is 0.0843. The second-order valence-electron chi connectivity index (χ2n) is 4.50. The summed E-state index contributed by atoms with van der Waals surface area (Å²) in [5.41, 5.74) is 5.56. The quantitative estimate of drug-likeness (QED) is 0.722. The first-order valence-electron chi connectivity index (χ1n) is 6.60. The number of nitrogens with zero attached hydrogens (tertiary/aromatic N) is 3. The Morgan fingerprint density at radius 2 is 2.11 bits per heavy atom. The lowest BCUT2D eigenvalue weighted by Gasteiger charge is -2.23. The van der Waals surface area contributed by atoms with E-state index >= 15 is 0 Å². The molecule has 108 valence electrons. The molecule has 0 unspecified atom stereocenters. The van der Waals surface area contributed by atoms with Crippen molar-refractivity contribution in [3.63, 3.8) is 0 Å². The predicted molar refractivity (Wildman–Crippen MR) is 75.6 cm³/mol. The Balaban J connectivity index is 2.75. The van der Waals surface area contributed by atoms with Gasteiger partial charge in [-0.15, -0.1) is 0 Å². The molecular formula is C13H24N4O2. The molecule has 2 N–H and O–H groups in total. The van der Waals surface area contributed by atoms with Gasteiger partial charge in [0.1, 0.15) is 0 Å². The van der Waals surface area contributed by atoms with Gasteiger partial charge in [-0.25, -0.2) is 0 Å². The van der Waals surface area contributed by atoms with Crippen molar-refractivity contribution in [1.29, 1.82) is 0 Å². The molecule has 0 aliphatic rings. The molecule has 0 spiro atoms. The third-order valence-corrected chi connectivity index (χ3v) is 2.48. The summed E-state index contributed by atoms with van der Waals surface area (Å²) in [6.45, 7) is 6.81. The molecule has 0 aliphatic heterocycles. The highest BCUT2D eigenvalue weighted by Crippen LogP contribution is 2.15. The number of aromatic nitrogens is 2. The molecule has 0 radical (unpaired) electrons. The lowest BCUT2D eigenvalue weighted by molar-refractivity contribution is 0.204. The summed E-state index contributed by atoms with van der Waals surface area (Å²) in [6.07, 6.45) is 4.35. The fourth-order valence-electron chi connectivity index (χ4n) is 1.61. The first kappa shape index (κ1) is 15.7. The Morgan fingerprint density at radius 3 is 2.74 bits per heavy atom. The average Bonchev–Trinajstić information content (AvgIpc) is 2.38. The van der Waals surface area contributed by atoms with Crippen LogP contribution < -0.4 is 15.4 Å². The normalized spacial score (nSPS) is 10.8. The summed E-state index contributed by atoms with van der Waals surface area (Å²) in [5.74, 6) is 1.34. The summed E-state index contributed by atoms with van der Waals surface area (Å²) in [7, 11) is 1.69. The number of nitrogens with two attached hydrogens (primary N) is 1. The molecule has 1 aromatic heterocycles. The monoisotopic (exact) mass is 268 g/mol. The van der Waals surface area contributed by atoms with Crippen LogP contribution in [0.15, 0.2) is 12.4 Å². The Hall–Kier alpha value is -1.40. The van der Waals surface area contributed by atoms with E-state index in [2.05, 4.69) is 14.9 Å². The van der Waals surface area contributed by atoms with Crippen LogP contribution in [0.4, 0.5) is 5.82 Å². The second-order valence-corrected chi connectivity index (χ2v) is 4.50. The van der Waals surface area contributed by atoms with E-state index in [0.717, 1.165) is 25.3 Å². The SMILES string of the molecule is COCCN(CCCN)c1cncc(OC(C)C)n1. The zero-order valence-corrected chi connectivity index (χ0v) is 12.0. The van der Waals surface area contributed by atoms with Crippen molar-refractivity contribution in [2.24, 2.45) is 5.73 Å². The van der Waals surface area contributed by atoms with Gasteiger partial charge < -0.3 is 20.1 Å². The van der Waals surface area contributed by atoms with Crippen molar-refractivity contribution < 1.29 is 9.47 Å². The van der Waals surface area contributed by atoms with Crippen LogP contribution in [-0.2, 0) is 4.74 Å². The second kappa shape index (κ2) is 8.66. The molecule has 6 heteroatoms. The molecule has 0 fully saturated rings. The molecule has 0 atom stereocenters. The van der Waals surface area contributed by atoms with Crippen molar-refractivity contribution in [2.75, 3.05) is 38.3 Å². The summed E-state index contributed by atoms with van der Waals surface area (Å²) in [4.78, 5) is 10.7. The molecule has 0 amide bonds. The van der Waals surface area contributed by atoms with Gasteiger partial charge >= 0.3 is 0 Å². The van der Waals surface area contributed by atoms with Crippen LogP contribution in [0.2, 0.25) is 0 Å². The molecular weight excluding hydrogens is 244 g/mol. The smallest absolute Gasteiger partial charge is 0.234 e. The van der Waals surface area contributed by atoms with E-state index in [1.165, 1.54) is 0 Å². The molecule has 6 nitrogen and oxygen atoms in total. The first-order valence-corrected chi connectivity index (χ1v) is 6.60. The molecule has 1 heterocycles. The van der Waals surface area contributed by atoms with Gasteiger partial charge in [-0.05, 0) is 26.8 Å². The highest BCUT2D eigenvalue weighted by molar-refractivity contribution is 5.37. The van der Waals surface area contributed by atoms with Gasteiger partial charge in [-0.3, -0.25) is 4.98 Å². The summed E-state index contributed by atoms with van der Waals surface area (Å²) in [5, 5.41) is 0. The van der Waals surface area contributed by atoms with Crippen LogP contribution in [0.5, 0.6) is 5.88 Å². The van der Waals surface area contributed by atoms with Gasteiger partial charge in [-0.2, -0.15) is 4.98 Å². The fourth-order valence-corrected chi connectivity index (χ4v) is 1.61. The van der Waals surface area contributed by atoms with Gasteiger partial charge in [0.2, 0.25) is 5.88 Å². The van der Waals surface area contributed by atoms with E-state index in [4.69, 9.17) is 15.2 Å². The zero-order chi connectivity index (χ0) is 14.1. The van der Waals surface area contributed by atoms with Gasteiger partial charge in [0, 0.05) is 20.2 Å². The van der Waals surface area contributed by atoms with E-state index in [-0.39, 0.29) is 6.10 Å². The maximum absolute atomic E-state index is 5.56. The van der Waals surface area contributed by atoms with Crippen LogP contribution in [0.25, 0.3) is 0 Å². The third kappa shape index (κ3) is 5.85. The molecule has 0 bridgehead atoms. The van der Waals surface area contributed by atoms with Crippen molar-refractivity contribution in [3.05, 3.63) is 12.4 Å². The largest absolute Gasteiger partial charge is 0.474 e. The standard InChI is InChI=1S/C13H24N4O2/c1-11(2)19-13-10-15-9-12(16-13)17(6-4-5-14)7-8-18-3/h9-11H,4-8,14H2,1-3H3. The molecule has 0 aliphatic carbocycles. The molecule has 1 aromatic rings. The molecule has 0 aromatic carbocycles. The van der Waals surface area contributed by atoms with Gasteiger partial charge in [0.25, 0.3) is 0 Å². The van der Waals surface area contributed by atoms with Crippen LogP contribution in [0, 0.1) is 0 Å². The highest BCUT2D eigenvalue weighted by Gasteiger charge is 2.10. The van der Waals surface area contributed by atoms with Gasteiger partial charge in [0.05, 0.1) is 25.1 Å². The minimum absolute atomic E-state index is 0.0843. The van der Waals surface area contributed by atoms with Crippen LogP contribution >= 0.6 is 0 Å². The number of hydrogen-bond donors (Lipinski definition) is 1. The molecule has 19 heavy (non-hydrogen) atoms. The Bertz CT molecular complexity index is 352.